The van der Waals surface area contributed by atoms with E-state index in [1.807, 2.05) is 13.8 Å². The Morgan fingerprint density at radius 1 is 1.26 bits per heavy atom. The fourth-order valence-corrected chi connectivity index (χ4v) is 5.70. The number of hydrogen-bond acceptors (Lipinski definition) is 6. The number of piperazine rings is 1. The van der Waals surface area contributed by atoms with Crippen molar-refractivity contribution in [1.29, 1.82) is 0 Å². The van der Waals surface area contributed by atoms with Gasteiger partial charge in [0.1, 0.15) is 9.97 Å². The number of aryl methyl sites for hydroxylation is 2. The molecule has 0 aliphatic carbocycles. The lowest BCUT2D eigenvalue weighted by Crippen LogP contribution is -2.48. The van der Waals surface area contributed by atoms with E-state index in [0.717, 1.165) is 34.9 Å². The highest BCUT2D eigenvalue weighted by atomic mass is 35.5. The van der Waals surface area contributed by atoms with E-state index in [2.05, 4.69) is 10.1 Å². The normalized spacial score (nSPS) is 17.7. The van der Waals surface area contributed by atoms with Crippen LogP contribution in [0.15, 0.2) is 20.9 Å². The molecule has 0 aromatic carbocycles. The van der Waals surface area contributed by atoms with Gasteiger partial charge in [-0.3, -0.25) is 4.90 Å². The van der Waals surface area contributed by atoms with Crippen molar-refractivity contribution in [3.05, 3.63) is 33.5 Å². The molecular formula is C14H18ClN3O3S2. The largest absolute Gasteiger partial charge is 0.361 e. The van der Waals surface area contributed by atoms with Crippen molar-refractivity contribution in [1.82, 2.24) is 14.4 Å². The lowest BCUT2D eigenvalue weighted by molar-refractivity contribution is 0.181. The Labute approximate surface area is 144 Å². The standard InChI is InChI=1S/C14H18ClN3O3S2/c1-10-12(11(2)21-16-10)9-17-5-7-18(8-6-17)23(19,20)14-4-3-13(15)22-14/h3-4H,5-9H2,1-2H3. The number of aromatic nitrogens is 1. The maximum Gasteiger partial charge on any atom is 0.252 e. The number of hydrogen-bond donors (Lipinski definition) is 0. The van der Waals surface area contributed by atoms with Gasteiger partial charge in [-0.1, -0.05) is 16.8 Å². The first kappa shape index (κ1) is 16.9. The van der Waals surface area contributed by atoms with Crippen molar-refractivity contribution in [3.63, 3.8) is 0 Å². The van der Waals surface area contributed by atoms with Crippen LogP contribution in [-0.2, 0) is 16.6 Å². The molecule has 0 unspecified atom stereocenters. The number of sulfonamides is 1. The van der Waals surface area contributed by atoms with Gasteiger partial charge in [-0.2, -0.15) is 4.31 Å². The van der Waals surface area contributed by atoms with E-state index in [4.69, 9.17) is 16.1 Å². The summed E-state index contributed by atoms with van der Waals surface area (Å²) in [6.45, 7) is 6.87. The van der Waals surface area contributed by atoms with Crippen LogP contribution in [0.1, 0.15) is 17.0 Å². The summed E-state index contributed by atoms with van der Waals surface area (Å²) in [4.78, 5) is 2.22. The lowest BCUT2D eigenvalue weighted by atomic mass is 10.2. The zero-order valence-electron chi connectivity index (χ0n) is 13.0. The molecule has 9 heteroatoms. The predicted molar refractivity (Wildman–Crippen MR) is 89.3 cm³/mol. The van der Waals surface area contributed by atoms with E-state index in [9.17, 15) is 8.42 Å². The Balaban J connectivity index is 1.64. The van der Waals surface area contributed by atoms with Crippen molar-refractivity contribution >= 4 is 33.0 Å². The van der Waals surface area contributed by atoms with Crippen molar-refractivity contribution in [3.8, 4) is 0 Å². The van der Waals surface area contributed by atoms with E-state index in [1.54, 1.807) is 12.1 Å². The molecule has 0 spiro atoms. The second kappa shape index (κ2) is 6.52. The number of halogens is 1. The predicted octanol–water partition coefficient (Wildman–Crippen LogP) is 2.51. The van der Waals surface area contributed by atoms with Crippen LogP contribution in [0.4, 0.5) is 0 Å². The summed E-state index contributed by atoms with van der Waals surface area (Å²) in [7, 11) is -3.43. The quantitative estimate of drug-likeness (QED) is 0.821. The van der Waals surface area contributed by atoms with Gasteiger partial charge >= 0.3 is 0 Å². The Kier molecular flexibility index (Phi) is 4.80. The number of thiophene rings is 1. The number of rotatable bonds is 4. The van der Waals surface area contributed by atoms with Crippen LogP contribution < -0.4 is 0 Å². The van der Waals surface area contributed by atoms with Crippen LogP contribution in [0.25, 0.3) is 0 Å². The first-order valence-corrected chi connectivity index (χ1v) is 9.91. The van der Waals surface area contributed by atoms with Crippen LogP contribution in [0, 0.1) is 13.8 Å². The summed E-state index contributed by atoms with van der Waals surface area (Å²) in [6.07, 6.45) is 0. The Bertz CT molecular complexity index is 773. The van der Waals surface area contributed by atoms with Crippen molar-refractivity contribution < 1.29 is 12.9 Å². The fourth-order valence-electron chi connectivity index (χ4n) is 2.64. The first-order chi connectivity index (χ1) is 10.9. The highest BCUT2D eigenvalue weighted by molar-refractivity contribution is 7.91. The van der Waals surface area contributed by atoms with Gasteiger partial charge in [0.15, 0.2) is 0 Å². The van der Waals surface area contributed by atoms with Crippen LogP contribution in [-0.4, -0.2) is 49.0 Å². The van der Waals surface area contributed by atoms with Crippen LogP contribution in [0.3, 0.4) is 0 Å². The minimum Gasteiger partial charge on any atom is -0.361 e. The molecule has 0 amide bonds. The van der Waals surface area contributed by atoms with Gasteiger partial charge in [-0.05, 0) is 26.0 Å². The molecule has 0 saturated carbocycles. The van der Waals surface area contributed by atoms with Crippen molar-refractivity contribution in [2.75, 3.05) is 26.2 Å². The molecule has 126 valence electrons. The molecule has 0 atom stereocenters. The van der Waals surface area contributed by atoms with Crippen molar-refractivity contribution in [2.45, 2.75) is 24.6 Å². The summed E-state index contributed by atoms with van der Waals surface area (Å²) in [5.74, 6) is 0.825. The summed E-state index contributed by atoms with van der Waals surface area (Å²) < 4.78 is 32.6. The minimum atomic E-state index is -3.43. The lowest BCUT2D eigenvalue weighted by Gasteiger charge is -2.33. The zero-order valence-corrected chi connectivity index (χ0v) is 15.3. The highest BCUT2D eigenvalue weighted by Crippen LogP contribution is 2.28. The summed E-state index contributed by atoms with van der Waals surface area (Å²) in [5.41, 5.74) is 1.98. The van der Waals surface area contributed by atoms with Gasteiger partial charge in [-0.25, -0.2) is 8.42 Å². The molecule has 1 aliphatic rings. The summed E-state index contributed by atoms with van der Waals surface area (Å²) >= 11 is 6.95. The van der Waals surface area contributed by atoms with Gasteiger partial charge in [-0.15, -0.1) is 11.3 Å². The van der Waals surface area contributed by atoms with Crippen LogP contribution >= 0.6 is 22.9 Å². The molecule has 2 aromatic rings. The molecule has 3 rings (SSSR count). The minimum absolute atomic E-state index is 0.307. The SMILES string of the molecule is Cc1noc(C)c1CN1CCN(S(=O)(=O)c2ccc(Cl)s2)CC1. The number of nitrogens with zero attached hydrogens (tertiary/aromatic N) is 3. The monoisotopic (exact) mass is 375 g/mol. The molecule has 23 heavy (non-hydrogen) atoms. The van der Waals surface area contributed by atoms with Gasteiger partial charge in [0.2, 0.25) is 0 Å². The average Bonchev–Trinajstić information content (AvgIpc) is 3.09. The molecule has 1 aliphatic heterocycles. The average molecular weight is 376 g/mol. The maximum atomic E-state index is 12.6. The van der Waals surface area contributed by atoms with Gasteiger partial charge in [0, 0.05) is 38.3 Å². The van der Waals surface area contributed by atoms with E-state index in [-0.39, 0.29) is 0 Å². The summed E-state index contributed by atoms with van der Waals surface area (Å²) in [5, 5.41) is 3.96. The van der Waals surface area contributed by atoms with Gasteiger partial charge < -0.3 is 4.52 Å². The smallest absolute Gasteiger partial charge is 0.252 e. The molecule has 0 N–H and O–H groups in total. The van der Waals surface area contributed by atoms with Gasteiger partial charge in [0.25, 0.3) is 10.0 Å². The summed E-state index contributed by atoms with van der Waals surface area (Å²) in [6, 6.07) is 3.19. The van der Waals surface area contributed by atoms with E-state index in [1.165, 1.54) is 4.31 Å². The third kappa shape index (κ3) is 3.46. The zero-order chi connectivity index (χ0) is 16.6. The second-order valence-corrected chi connectivity index (χ2v) is 9.42. The topological polar surface area (TPSA) is 66.7 Å². The molecular weight excluding hydrogens is 358 g/mol. The molecule has 0 bridgehead atoms. The molecule has 0 radical (unpaired) electrons. The van der Waals surface area contributed by atoms with Crippen molar-refractivity contribution in [2.24, 2.45) is 0 Å². The second-order valence-electron chi connectivity index (χ2n) is 5.54. The van der Waals surface area contributed by atoms with Crippen LogP contribution in [0.5, 0.6) is 0 Å². The molecule has 3 heterocycles. The van der Waals surface area contributed by atoms with Gasteiger partial charge in [0.05, 0.1) is 10.0 Å². The van der Waals surface area contributed by atoms with E-state index < -0.39 is 10.0 Å². The Hall–Kier alpha value is -0.930. The van der Waals surface area contributed by atoms with E-state index >= 15 is 0 Å². The third-order valence-corrected chi connectivity index (χ3v) is 7.63. The third-order valence-electron chi connectivity index (χ3n) is 4.04. The Morgan fingerprint density at radius 3 is 2.48 bits per heavy atom. The van der Waals surface area contributed by atoms with E-state index in [0.29, 0.717) is 34.7 Å². The highest BCUT2D eigenvalue weighted by Gasteiger charge is 2.30. The first-order valence-electron chi connectivity index (χ1n) is 7.27. The maximum absolute atomic E-state index is 12.6. The molecule has 1 fully saturated rings. The molecule has 1 saturated heterocycles. The van der Waals surface area contributed by atoms with Crippen LogP contribution in [0.2, 0.25) is 4.34 Å². The molecule has 6 nitrogen and oxygen atoms in total. The molecule has 2 aromatic heterocycles. The Morgan fingerprint density at radius 2 is 1.96 bits per heavy atom. The fraction of sp³-hybridized carbons (Fsp3) is 0.500.